The first-order valence-corrected chi connectivity index (χ1v) is 7.59. The third-order valence-corrected chi connectivity index (χ3v) is 3.56. The van der Waals surface area contributed by atoms with Crippen molar-refractivity contribution in [2.45, 2.75) is 20.3 Å². The molecule has 0 bridgehead atoms. The lowest BCUT2D eigenvalue weighted by Gasteiger charge is -2.09. The van der Waals surface area contributed by atoms with E-state index in [1.165, 1.54) is 6.92 Å². The van der Waals surface area contributed by atoms with Crippen LogP contribution >= 0.6 is 0 Å². The van der Waals surface area contributed by atoms with Gasteiger partial charge in [0, 0.05) is 22.7 Å². The third-order valence-electron chi connectivity index (χ3n) is 3.56. The summed E-state index contributed by atoms with van der Waals surface area (Å²) in [4.78, 5) is 35.2. The molecule has 0 radical (unpaired) electrons. The van der Waals surface area contributed by atoms with Crippen LogP contribution in [0.2, 0.25) is 0 Å². The minimum atomic E-state index is -0.614. The number of benzene rings is 1. The molecule has 7 nitrogen and oxygen atoms in total. The zero-order valence-electron chi connectivity index (χ0n) is 14.1. The molecule has 0 amide bonds. The second kappa shape index (κ2) is 7.65. The zero-order chi connectivity index (χ0) is 18.6. The topological polar surface area (TPSA) is 109 Å². The van der Waals surface area contributed by atoms with Crippen LogP contribution in [0, 0.1) is 6.92 Å². The fraction of sp³-hybridized carbons (Fsp3) is 0.278. The molecule has 0 unspecified atom stereocenters. The van der Waals surface area contributed by atoms with Crippen LogP contribution in [0.4, 0.5) is 5.69 Å². The van der Waals surface area contributed by atoms with Crippen LogP contribution in [-0.4, -0.2) is 25.2 Å². The van der Waals surface area contributed by atoms with Crippen LogP contribution in [0.5, 0.6) is 0 Å². The van der Waals surface area contributed by atoms with E-state index >= 15 is 0 Å². The van der Waals surface area contributed by atoms with Gasteiger partial charge < -0.3 is 19.6 Å². The molecule has 1 heterocycles. The van der Waals surface area contributed by atoms with Crippen molar-refractivity contribution in [3.63, 3.8) is 0 Å². The molecular formula is C18H19NO6. The number of carbonyl (C=O) groups is 2. The number of nitrogen functional groups attached to an aromatic ring is 1. The van der Waals surface area contributed by atoms with Gasteiger partial charge in [-0.05, 0) is 31.5 Å². The third kappa shape index (κ3) is 4.47. The monoisotopic (exact) mass is 345 g/mol. The quantitative estimate of drug-likeness (QED) is 0.280. The highest BCUT2D eigenvalue weighted by Gasteiger charge is 2.16. The highest BCUT2D eigenvalue weighted by Crippen LogP contribution is 2.22. The Kier molecular flexibility index (Phi) is 5.59. The molecule has 25 heavy (non-hydrogen) atoms. The lowest BCUT2D eigenvalue weighted by molar-refractivity contribution is -0.149. The van der Waals surface area contributed by atoms with Crippen molar-refractivity contribution < 1.29 is 23.5 Å². The summed E-state index contributed by atoms with van der Waals surface area (Å²) in [5, 5.41) is 0.701. The molecule has 1 aromatic carbocycles. The molecule has 0 spiro atoms. The maximum atomic E-state index is 12.1. The summed E-state index contributed by atoms with van der Waals surface area (Å²) in [5.74, 6) is -1.17. The maximum Gasteiger partial charge on any atom is 0.340 e. The molecule has 0 saturated heterocycles. The Balaban J connectivity index is 2.03. The fourth-order valence-corrected chi connectivity index (χ4v) is 2.22. The zero-order valence-corrected chi connectivity index (χ0v) is 14.1. The second-order valence-electron chi connectivity index (χ2n) is 5.56. The second-order valence-corrected chi connectivity index (χ2v) is 5.56. The molecule has 7 heteroatoms. The summed E-state index contributed by atoms with van der Waals surface area (Å²) in [6.45, 7) is 6.50. The molecule has 0 aliphatic rings. The molecule has 0 atom stereocenters. The summed E-state index contributed by atoms with van der Waals surface area (Å²) >= 11 is 0. The van der Waals surface area contributed by atoms with Gasteiger partial charge in [-0.25, -0.2) is 9.59 Å². The summed E-state index contributed by atoms with van der Waals surface area (Å²) in [7, 11) is 0. The Hall–Kier alpha value is -3.09. The van der Waals surface area contributed by atoms with Crippen LogP contribution in [0.1, 0.15) is 18.1 Å². The van der Waals surface area contributed by atoms with Gasteiger partial charge in [-0.3, -0.25) is 4.79 Å². The van der Waals surface area contributed by atoms with E-state index in [-0.39, 0.29) is 30.8 Å². The van der Waals surface area contributed by atoms with E-state index in [2.05, 4.69) is 6.58 Å². The van der Waals surface area contributed by atoms with Crippen molar-refractivity contribution in [1.29, 1.82) is 0 Å². The van der Waals surface area contributed by atoms with Crippen LogP contribution in [0.25, 0.3) is 11.0 Å². The molecule has 0 fully saturated rings. The molecule has 0 aliphatic carbocycles. The molecule has 2 aromatic rings. The average molecular weight is 345 g/mol. The van der Waals surface area contributed by atoms with Gasteiger partial charge in [0.15, 0.2) is 0 Å². The number of anilines is 1. The first kappa shape index (κ1) is 18.3. The number of hydrogen-bond acceptors (Lipinski definition) is 7. The van der Waals surface area contributed by atoms with E-state index in [0.29, 0.717) is 22.2 Å². The van der Waals surface area contributed by atoms with E-state index in [9.17, 15) is 14.4 Å². The van der Waals surface area contributed by atoms with Crippen molar-refractivity contribution in [3.05, 3.63) is 51.9 Å². The summed E-state index contributed by atoms with van der Waals surface area (Å²) in [6, 6.07) is 4.98. The van der Waals surface area contributed by atoms with Crippen molar-refractivity contribution in [2.75, 3.05) is 18.9 Å². The Labute approximate surface area is 144 Å². The van der Waals surface area contributed by atoms with Crippen molar-refractivity contribution in [1.82, 2.24) is 0 Å². The molecule has 2 N–H and O–H groups in total. The minimum absolute atomic E-state index is 0.0813. The Morgan fingerprint density at radius 3 is 2.60 bits per heavy atom. The molecule has 132 valence electrons. The maximum absolute atomic E-state index is 12.1. The van der Waals surface area contributed by atoms with Gasteiger partial charge in [0.05, 0.1) is 12.0 Å². The normalized spacial score (nSPS) is 10.5. The summed E-state index contributed by atoms with van der Waals surface area (Å²) < 4.78 is 15.0. The summed E-state index contributed by atoms with van der Waals surface area (Å²) in [5.41, 5.74) is 7.03. The van der Waals surface area contributed by atoms with Gasteiger partial charge in [0.25, 0.3) is 0 Å². The fourth-order valence-electron chi connectivity index (χ4n) is 2.22. The number of aryl methyl sites for hydroxylation is 1. The van der Waals surface area contributed by atoms with Crippen molar-refractivity contribution in [3.8, 4) is 0 Å². The number of carbonyl (C=O) groups excluding carboxylic acids is 2. The van der Waals surface area contributed by atoms with E-state index in [1.807, 2.05) is 0 Å². The standard InChI is InChI=1S/C18H19NO6/c1-10(2)17(21)24-7-6-23-16(20)9-14-11(3)13-5-4-12(19)8-15(13)25-18(14)22/h4-5,8H,1,6-7,9,19H2,2-3H3. The van der Waals surface area contributed by atoms with E-state index in [1.54, 1.807) is 25.1 Å². The molecule has 2 rings (SSSR count). The van der Waals surface area contributed by atoms with Crippen LogP contribution in [0.15, 0.2) is 39.6 Å². The first-order valence-electron chi connectivity index (χ1n) is 7.59. The lowest BCUT2D eigenvalue weighted by Crippen LogP contribution is -2.19. The number of rotatable bonds is 6. The first-order chi connectivity index (χ1) is 11.8. The predicted molar refractivity (Wildman–Crippen MR) is 92.1 cm³/mol. The molecule has 1 aromatic heterocycles. The highest BCUT2D eigenvalue weighted by atomic mass is 16.6. The molecular weight excluding hydrogens is 326 g/mol. The summed E-state index contributed by atoms with van der Waals surface area (Å²) in [6.07, 6.45) is -0.233. The average Bonchev–Trinajstić information content (AvgIpc) is 2.54. The van der Waals surface area contributed by atoms with Gasteiger partial charge in [-0.1, -0.05) is 6.58 Å². The Bertz CT molecular complexity index is 896. The number of fused-ring (bicyclic) bond motifs is 1. The van der Waals surface area contributed by atoms with Crippen LogP contribution in [-0.2, 0) is 25.5 Å². The van der Waals surface area contributed by atoms with E-state index < -0.39 is 17.6 Å². The van der Waals surface area contributed by atoms with Gasteiger partial charge in [0.2, 0.25) is 0 Å². The minimum Gasteiger partial charge on any atom is -0.462 e. The van der Waals surface area contributed by atoms with Crippen LogP contribution < -0.4 is 11.4 Å². The Morgan fingerprint density at radius 2 is 1.92 bits per heavy atom. The number of esters is 2. The molecule has 0 saturated carbocycles. The largest absolute Gasteiger partial charge is 0.462 e. The van der Waals surface area contributed by atoms with E-state index in [0.717, 1.165) is 0 Å². The smallest absolute Gasteiger partial charge is 0.340 e. The molecule has 0 aliphatic heterocycles. The van der Waals surface area contributed by atoms with Gasteiger partial charge in [-0.2, -0.15) is 0 Å². The highest BCUT2D eigenvalue weighted by molar-refractivity contribution is 5.87. The van der Waals surface area contributed by atoms with E-state index in [4.69, 9.17) is 19.6 Å². The van der Waals surface area contributed by atoms with Gasteiger partial charge >= 0.3 is 17.6 Å². The van der Waals surface area contributed by atoms with Gasteiger partial charge in [0.1, 0.15) is 18.8 Å². The Morgan fingerprint density at radius 1 is 1.24 bits per heavy atom. The number of hydrogen-bond donors (Lipinski definition) is 1. The van der Waals surface area contributed by atoms with Crippen molar-refractivity contribution >= 4 is 28.6 Å². The SMILES string of the molecule is C=C(C)C(=O)OCCOC(=O)Cc1c(C)c2ccc(N)cc2oc1=O. The predicted octanol–water partition coefficient (Wildman–Crippen LogP) is 1.89. The van der Waals surface area contributed by atoms with Gasteiger partial charge in [-0.15, -0.1) is 0 Å². The lowest BCUT2D eigenvalue weighted by atomic mass is 10.0. The number of nitrogens with two attached hydrogens (primary N) is 1. The van der Waals surface area contributed by atoms with Crippen molar-refractivity contribution in [2.24, 2.45) is 0 Å². The number of ether oxygens (including phenoxy) is 2. The van der Waals surface area contributed by atoms with Crippen LogP contribution in [0.3, 0.4) is 0 Å².